The number of ether oxygens (including phenoxy) is 1. The summed E-state index contributed by atoms with van der Waals surface area (Å²) in [5.41, 5.74) is 3.85. The zero-order valence-corrected chi connectivity index (χ0v) is 17.1. The van der Waals surface area contributed by atoms with Crippen LogP contribution in [0.2, 0.25) is 0 Å². The van der Waals surface area contributed by atoms with E-state index in [1.165, 1.54) is 0 Å². The molecule has 146 valence electrons. The number of carbonyl (C=O) groups is 1. The molecule has 1 heterocycles. The van der Waals surface area contributed by atoms with Gasteiger partial charge in [0.15, 0.2) is 5.16 Å². The summed E-state index contributed by atoms with van der Waals surface area (Å²) in [6.45, 7) is 4.99. The van der Waals surface area contributed by atoms with Crippen molar-refractivity contribution in [2.75, 3.05) is 20.3 Å². The topological polar surface area (TPSA) is 69.0 Å². The number of rotatable bonds is 8. The van der Waals surface area contributed by atoms with E-state index in [1.807, 2.05) is 43.3 Å². The molecule has 0 aliphatic carbocycles. The van der Waals surface area contributed by atoms with Gasteiger partial charge in [-0.2, -0.15) is 0 Å². The number of hydrogen-bond acceptors (Lipinski definition) is 5. The Morgan fingerprint density at radius 2 is 1.86 bits per heavy atom. The minimum absolute atomic E-state index is 0.0928. The molecule has 0 aliphatic rings. The second-order valence-corrected chi connectivity index (χ2v) is 7.29. The average molecular weight is 397 g/mol. The molecule has 1 amide bonds. The highest BCUT2D eigenvalue weighted by atomic mass is 32.2. The highest BCUT2D eigenvalue weighted by Gasteiger charge is 2.15. The molecule has 6 nitrogen and oxygen atoms in total. The van der Waals surface area contributed by atoms with Crippen LogP contribution < -0.4 is 5.32 Å². The Kier molecular flexibility index (Phi) is 6.84. The molecule has 0 bridgehead atoms. The summed E-state index contributed by atoms with van der Waals surface area (Å²) < 4.78 is 7.05. The van der Waals surface area contributed by atoms with Crippen molar-refractivity contribution >= 4 is 17.7 Å². The average Bonchev–Trinajstić information content (AvgIpc) is 3.07. The summed E-state index contributed by atoms with van der Waals surface area (Å²) in [6, 6.07) is 15.8. The number of aromatic nitrogens is 3. The largest absolute Gasteiger partial charge is 0.383 e. The van der Waals surface area contributed by atoms with Gasteiger partial charge in [0, 0.05) is 25.0 Å². The molecule has 3 rings (SSSR count). The van der Waals surface area contributed by atoms with Crippen LogP contribution in [0.1, 0.15) is 27.3 Å². The van der Waals surface area contributed by atoms with Crippen LogP contribution in [0.25, 0.3) is 5.69 Å². The van der Waals surface area contributed by atoms with Crippen LogP contribution in [0, 0.1) is 13.8 Å². The highest BCUT2D eigenvalue weighted by molar-refractivity contribution is 7.98. The molecule has 28 heavy (non-hydrogen) atoms. The lowest BCUT2D eigenvalue weighted by molar-refractivity contribution is 0.0936. The van der Waals surface area contributed by atoms with Gasteiger partial charge in [-0.3, -0.25) is 9.36 Å². The monoisotopic (exact) mass is 396 g/mol. The molecule has 2 aromatic carbocycles. The maximum absolute atomic E-state index is 12.5. The number of benzene rings is 2. The maximum atomic E-state index is 12.5. The third-order valence-corrected chi connectivity index (χ3v) is 5.34. The molecule has 0 spiro atoms. The number of para-hydroxylation sites is 1. The molecule has 0 atom stereocenters. The van der Waals surface area contributed by atoms with Crippen LogP contribution in [0.5, 0.6) is 0 Å². The predicted molar refractivity (Wildman–Crippen MR) is 111 cm³/mol. The van der Waals surface area contributed by atoms with Crippen molar-refractivity contribution < 1.29 is 9.53 Å². The van der Waals surface area contributed by atoms with Crippen molar-refractivity contribution in [1.29, 1.82) is 0 Å². The lowest BCUT2D eigenvalue weighted by atomic mass is 10.1. The van der Waals surface area contributed by atoms with E-state index >= 15 is 0 Å². The molecule has 0 fully saturated rings. The standard InChI is InChI=1S/C21H24N4O2S/c1-15-8-4-7-11-19(15)25-16(2)23-24-21(25)28-14-17-9-5-6-10-18(17)20(26)22-12-13-27-3/h4-11H,12-14H2,1-3H3,(H,22,26). The molecular formula is C21H24N4O2S. The molecule has 0 unspecified atom stereocenters. The Morgan fingerprint density at radius 3 is 2.64 bits per heavy atom. The Balaban J connectivity index is 1.79. The van der Waals surface area contributed by atoms with E-state index < -0.39 is 0 Å². The lowest BCUT2D eigenvalue weighted by Gasteiger charge is -2.12. The van der Waals surface area contributed by atoms with E-state index in [-0.39, 0.29) is 5.91 Å². The lowest BCUT2D eigenvalue weighted by Crippen LogP contribution is -2.27. The van der Waals surface area contributed by atoms with Gasteiger partial charge in [-0.25, -0.2) is 0 Å². The molecule has 1 aromatic heterocycles. The number of methoxy groups -OCH3 is 1. The molecule has 3 aromatic rings. The fourth-order valence-corrected chi connectivity index (χ4v) is 3.89. The molecule has 1 N–H and O–H groups in total. The zero-order valence-electron chi connectivity index (χ0n) is 16.3. The van der Waals surface area contributed by atoms with Gasteiger partial charge in [-0.05, 0) is 37.1 Å². The maximum Gasteiger partial charge on any atom is 0.251 e. The van der Waals surface area contributed by atoms with Gasteiger partial charge in [-0.1, -0.05) is 48.2 Å². The number of aryl methyl sites for hydroxylation is 2. The minimum atomic E-state index is -0.0928. The number of nitrogens with one attached hydrogen (secondary N) is 1. The van der Waals surface area contributed by atoms with E-state index in [2.05, 4.69) is 39.1 Å². The Labute approximate surface area is 169 Å². The third kappa shape index (κ3) is 4.61. The van der Waals surface area contributed by atoms with Crippen LogP contribution in [-0.4, -0.2) is 40.9 Å². The number of carbonyl (C=O) groups excluding carboxylic acids is 1. The van der Waals surface area contributed by atoms with Crippen LogP contribution in [0.3, 0.4) is 0 Å². The smallest absolute Gasteiger partial charge is 0.251 e. The van der Waals surface area contributed by atoms with Gasteiger partial charge in [0.2, 0.25) is 0 Å². The molecule has 0 saturated heterocycles. The summed E-state index contributed by atoms with van der Waals surface area (Å²) >= 11 is 1.57. The molecule has 0 radical (unpaired) electrons. The Bertz CT molecular complexity index is 955. The van der Waals surface area contributed by atoms with Crippen LogP contribution in [0.4, 0.5) is 0 Å². The van der Waals surface area contributed by atoms with Crippen LogP contribution >= 0.6 is 11.8 Å². The molecule has 0 saturated carbocycles. The normalized spacial score (nSPS) is 10.8. The zero-order chi connectivity index (χ0) is 19.9. The fourth-order valence-electron chi connectivity index (χ4n) is 2.90. The minimum Gasteiger partial charge on any atom is -0.383 e. The fraction of sp³-hybridized carbons (Fsp3) is 0.286. The van der Waals surface area contributed by atoms with Crippen molar-refractivity contribution in [2.24, 2.45) is 0 Å². The third-order valence-electron chi connectivity index (χ3n) is 4.36. The van der Waals surface area contributed by atoms with Crippen molar-refractivity contribution in [3.63, 3.8) is 0 Å². The van der Waals surface area contributed by atoms with Crippen molar-refractivity contribution in [2.45, 2.75) is 24.8 Å². The van der Waals surface area contributed by atoms with Crippen molar-refractivity contribution in [1.82, 2.24) is 20.1 Å². The quantitative estimate of drug-likeness (QED) is 0.466. The molecule has 0 aliphatic heterocycles. The van der Waals surface area contributed by atoms with Crippen molar-refractivity contribution in [3.05, 3.63) is 71.0 Å². The van der Waals surface area contributed by atoms with E-state index in [4.69, 9.17) is 4.74 Å². The summed E-state index contributed by atoms with van der Waals surface area (Å²) in [7, 11) is 1.61. The van der Waals surface area contributed by atoms with Gasteiger partial charge in [-0.15, -0.1) is 10.2 Å². The summed E-state index contributed by atoms with van der Waals surface area (Å²) in [5, 5.41) is 12.3. The first kappa shape index (κ1) is 20.1. The van der Waals surface area contributed by atoms with Crippen LogP contribution in [0.15, 0.2) is 53.7 Å². The second kappa shape index (κ2) is 9.52. The number of hydrogen-bond donors (Lipinski definition) is 1. The number of nitrogens with zero attached hydrogens (tertiary/aromatic N) is 3. The van der Waals surface area contributed by atoms with E-state index in [9.17, 15) is 4.79 Å². The summed E-state index contributed by atoms with van der Waals surface area (Å²) in [6.07, 6.45) is 0. The van der Waals surface area contributed by atoms with E-state index in [0.29, 0.717) is 24.5 Å². The first-order valence-electron chi connectivity index (χ1n) is 9.07. The van der Waals surface area contributed by atoms with Gasteiger partial charge in [0.1, 0.15) is 5.82 Å². The van der Waals surface area contributed by atoms with E-state index in [0.717, 1.165) is 27.8 Å². The Morgan fingerprint density at radius 1 is 1.11 bits per heavy atom. The Hall–Kier alpha value is -2.64. The van der Waals surface area contributed by atoms with Crippen LogP contribution in [-0.2, 0) is 10.5 Å². The van der Waals surface area contributed by atoms with Gasteiger partial charge >= 0.3 is 0 Å². The highest BCUT2D eigenvalue weighted by Crippen LogP contribution is 2.27. The van der Waals surface area contributed by atoms with Crippen molar-refractivity contribution in [3.8, 4) is 5.69 Å². The second-order valence-electron chi connectivity index (χ2n) is 6.35. The molecular weight excluding hydrogens is 372 g/mol. The van der Waals surface area contributed by atoms with Gasteiger partial charge in [0.25, 0.3) is 5.91 Å². The predicted octanol–water partition coefficient (Wildman–Crippen LogP) is 3.55. The van der Waals surface area contributed by atoms with Gasteiger partial charge < -0.3 is 10.1 Å². The first-order chi connectivity index (χ1) is 13.6. The number of thioether (sulfide) groups is 1. The summed E-state index contributed by atoms with van der Waals surface area (Å²) in [4.78, 5) is 12.5. The SMILES string of the molecule is COCCNC(=O)c1ccccc1CSc1nnc(C)n1-c1ccccc1C. The molecule has 7 heteroatoms. The first-order valence-corrected chi connectivity index (χ1v) is 10.1. The number of amides is 1. The van der Waals surface area contributed by atoms with Gasteiger partial charge in [0.05, 0.1) is 12.3 Å². The summed E-state index contributed by atoms with van der Waals surface area (Å²) in [5.74, 6) is 1.37. The van der Waals surface area contributed by atoms with E-state index in [1.54, 1.807) is 18.9 Å².